The highest BCUT2D eigenvalue weighted by Gasteiger charge is 2.46. The van der Waals surface area contributed by atoms with Crippen LogP contribution >= 0.6 is 0 Å². The number of rotatable bonds is 4. The van der Waals surface area contributed by atoms with Crippen LogP contribution in [0.15, 0.2) is 42.1 Å². The van der Waals surface area contributed by atoms with E-state index in [9.17, 15) is 4.79 Å². The summed E-state index contributed by atoms with van der Waals surface area (Å²) in [6.45, 7) is 3.44. The minimum atomic E-state index is 0.383. The number of H-pyrrole nitrogens is 1. The van der Waals surface area contributed by atoms with Crippen LogP contribution in [0.5, 0.6) is 0 Å². The lowest BCUT2D eigenvalue weighted by Crippen LogP contribution is -2.60. The van der Waals surface area contributed by atoms with E-state index >= 15 is 0 Å². The van der Waals surface area contributed by atoms with Crippen LogP contribution in [0.1, 0.15) is 56.9 Å². The third-order valence-corrected chi connectivity index (χ3v) is 8.49. The Morgan fingerprint density at radius 3 is 3.03 bits per heavy atom. The van der Waals surface area contributed by atoms with Gasteiger partial charge in [-0.15, -0.1) is 0 Å². The van der Waals surface area contributed by atoms with Crippen molar-refractivity contribution in [1.82, 2.24) is 14.8 Å². The summed E-state index contributed by atoms with van der Waals surface area (Å²) in [6, 6.07) is 9.63. The SMILES string of the molecule is O=C(CCCc1c[nH]c2ccccc12)N1CCCC2=CC3CC(CN4CCCCC34)C21. The first-order chi connectivity index (χ1) is 15.3. The van der Waals surface area contributed by atoms with Crippen molar-refractivity contribution in [3.05, 3.63) is 47.7 Å². The van der Waals surface area contributed by atoms with Gasteiger partial charge < -0.3 is 9.88 Å². The maximum atomic E-state index is 13.4. The Kier molecular flexibility index (Phi) is 5.14. The molecular weight excluding hydrogens is 382 g/mol. The van der Waals surface area contributed by atoms with Crippen molar-refractivity contribution in [1.29, 1.82) is 0 Å². The van der Waals surface area contributed by atoms with E-state index in [4.69, 9.17) is 0 Å². The molecule has 1 aliphatic carbocycles. The van der Waals surface area contributed by atoms with Gasteiger partial charge in [0.25, 0.3) is 0 Å². The van der Waals surface area contributed by atoms with Gasteiger partial charge in [-0.2, -0.15) is 0 Å². The number of likely N-dealkylation sites (tertiary alicyclic amines) is 1. The average Bonchev–Trinajstić information content (AvgIpc) is 3.22. The summed E-state index contributed by atoms with van der Waals surface area (Å²) in [4.78, 5) is 21.8. The molecule has 0 spiro atoms. The van der Waals surface area contributed by atoms with Crippen LogP contribution in [0.25, 0.3) is 10.9 Å². The molecule has 0 saturated carbocycles. The summed E-state index contributed by atoms with van der Waals surface area (Å²) in [5.74, 6) is 1.77. The smallest absolute Gasteiger partial charge is 0.223 e. The fourth-order valence-corrected chi connectivity index (χ4v) is 7.17. The molecule has 4 nitrogen and oxygen atoms in total. The van der Waals surface area contributed by atoms with E-state index in [1.54, 1.807) is 5.57 Å². The minimum absolute atomic E-state index is 0.383. The highest BCUT2D eigenvalue weighted by Crippen LogP contribution is 2.45. The monoisotopic (exact) mass is 417 g/mol. The number of nitrogens with one attached hydrogen (secondary N) is 1. The number of hydrogen-bond acceptors (Lipinski definition) is 2. The van der Waals surface area contributed by atoms with Gasteiger partial charge in [-0.25, -0.2) is 0 Å². The summed E-state index contributed by atoms with van der Waals surface area (Å²) < 4.78 is 0. The van der Waals surface area contributed by atoms with Crippen LogP contribution < -0.4 is 0 Å². The first-order valence-corrected chi connectivity index (χ1v) is 12.6. The third-order valence-electron chi connectivity index (χ3n) is 8.49. The summed E-state index contributed by atoms with van der Waals surface area (Å²) in [5, 5.41) is 1.30. The molecule has 2 bridgehead atoms. The average molecular weight is 418 g/mol. The summed E-state index contributed by atoms with van der Waals surface area (Å²) in [5.41, 5.74) is 4.13. The number of nitrogens with zero attached hydrogens (tertiary/aromatic N) is 2. The van der Waals surface area contributed by atoms with Crippen molar-refractivity contribution in [2.45, 2.75) is 69.9 Å². The van der Waals surface area contributed by atoms with Crippen molar-refractivity contribution in [3.63, 3.8) is 0 Å². The normalized spacial score (nSPS) is 30.6. The molecule has 4 heteroatoms. The second-order valence-corrected chi connectivity index (χ2v) is 10.3. The molecule has 0 radical (unpaired) electrons. The fourth-order valence-electron chi connectivity index (χ4n) is 7.17. The van der Waals surface area contributed by atoms with Crippen molar-refractivity contribution >= 4 is 16.8 Å². The number of para-hydroxylation sites is 1. The zero-order chi connectivity index (χ0) is 20.8. The molecule has 2 aromatic rings. The van der Waals surface area contributed by atoms with Crippen LogP contribution in [0.4, 0.5) is 0 Å². The minimum Gasteiger partial charge on any atom is -0.361 e. The second kappa shape index (κ2) is 8.12. The van der Waals surface area contributed by atoms with Gasteiger partial charge in [-0.05, 0) is 75.0 Å². The van der Waals surface area contributed by atoms with Gasteiger partial charge >= 0.3 is 0 Å². The lowest BCUT2D eigenvalue weighted by atomic mass is 9.68. The molecule has 1 aromatic carbocycles. The number of benzene rings is 1. The highest BCUT2D eigenvalue weighted by atomic mass is 16.2. The predicted octanol–water partition coefficient (Wildman–Crippen LogP) is 4.91. The number of aromatic amines is 1. The molecule has 31 heavy (non-hydrogen) atoms. The summed E-state index contributed by atoms with van der Waals surface area (Å²) in [6.07, 6.45) is 15.1. The lowest BCUT2D eigenvalue weighted by molar-refractivity contribution is -0.136. The number of piperidine rings is 3. The Morgan fingerprint density at radius 1 is 1.13 bits per heavy atom. The van der Waals surface area contributed by atoms with Gasteiger partial charge in [-0.1, -0.05) is 36.3 Å². The summed E-state index contributed by atoms with van der Waals surface area (Å²) >= 11 is 0. The fraction of sp³-hybridized carbons (Fsp3) is 0.593. The van der Waals surface area contributed by atoms with E-state index in [0.29, 0.717) is 24.3 Å². The van der Waals surface area contributed by atoms with Gasteiger partial charge in [0, 0.05) is 42.7 Å². The molecule has 4 aliphatic rings. The molecule has 4 heterocycles. The summed E-state index contributed by atoms with van der Waals surface area (Å²) in [7, 11) is 0. The standard InChI is InChI=1S/C27H35N3O/c31-26(12-5-7-20-17-28-24-10-2-1-9-23(20)24)30-14-6-8-19-15-21-16-22(27(19)30)18-29-13-4-3-11-25(21)29/h1-2,9-10,15,17,21-22,25,27-28H,3-8,11-14,16,18H2. The number of carbonyl (C=O) groups excluding carboxylic acids is 1. The van der Waals surface area contributed by atoms with E-state index < -0.39 is 0 Å². The predicted molar refractivity (Wildman–Crippen MR) is 125 cm³/mol. The first kappa shape index (κ1) is 19.6. The number of fused-ring (bicyclic) bond motifs is 7. The molecule has 6 rings (SSSR count). The van der Waals surface area contributed by atoms with E-state index in [0.717, 1.165) is 37.8 Å². The number of aromatic nitrogens is 1. The van der Waals surface area contributed by atoms with Crippen LogP contribution in [0.3, 0.4) is 0 Å². The Labute approximate surface area is 185 Å². The Hall–Kier alpha value is -2.07. The molecule has 4 atom stereocenters. The van der Waals surface area contributed by atoms with Gasteiger partial charge in [-0.3, -0.25) is 9.69 Å². The zero-order valence-corrected chi connectivity index (χ0v) is 18.6. The van der Waals surface area contributed by atoms with Gasteiger partial charge in [0.1, 0.15) is 0 Å². The van der Waals surface area contributed by atoms with Crippen LogP contribution in [-0.4, -0.2) is 52.4 Å². The van der Waals surface area contributed by atoms with Gasteiger partial charge in [0.15, 0.2) is 0 Å². The topological polar surface area (TPSA) is 39.3 Å². The van der Waals surface area contributed by atoms with Crippen LogP contribution in [-0.2, 0) is 11.2 Å². The molecule has 4 unspecified atom stereocenters. The number of amides is 1. The molecule has 3 aliphatic heterocycles. The van der Waals surface area contributed by atoms with Crippen LogP contribution in [0.2, 0.25) is 0 Å². The third kappa shape index (κ3) is 3.53. The highest BCUT2D eigenvalue weighted by molar-refractivity contribution is 5.83. The number of aryl methyl sites for hydroxylation is 1. The number of hydrogen-bond donors (Lipinski definition) is 1. The molecule has 1 aromatic heterocycles. The van der Waals surface area contributed by atoms with Crippen molar-refractivity contribution < 1.29 is 4.79 Å². The van der Waals surface area contributed by atoms with Crippen LogP contribution in [0, 0.1) is 11.8 Å². The van der Waals surface area contributed by atoms with Crippen molar-refractivity contribution in [2.24, 2.45) is 11.8 Å². The van der Waals surface area contributed by atoms with Gasteiger partial charge in [0.05, 0.1) is 6.04 Å². The van der Waals surface area contributed by atoms with E-state index in [1.165, 1.54) is 61.7 Å². The van der Waals surface area contributed by atoms with E-state index in [2.05, 4.69) is 51.3 Å². The second-order valence-electron chi connectivity index (χ2n) is 10.3. The Morgan fingerprint density at radius 2 is 2.06 bits per heavy atom. The number of carbonyl (C=O) groups is 1. The largest absolute Gasteiger partial charge is 0.361 e. The van der Waals surface area contributed by atoms with Gasteiger partial charge in [0.2, 0.25) is 5.91 Å². The molecule has 1 amide bonds. The quantitative estimate of drug-likeness (QED) is 0.718. The first-order valence-electron chi connectivity index (χ1n) is 12.6. The molecule has 164 valence electrons. The zero-order valence-electron chi connectivity index (χ0n) is 18.6. The van der Waals surface area contributed by atoms with Crippen molar-refractivity contribution in [2.75, 3.05) is 19.6 Å². The molecule has 1 N–H and O–H groups in total. The molecule has 3 saturated heterocycles. The van der Waals surface area contributed by atoms with E-state index in [-0.39, 0.29) is 0 Å². The van der Waals surface area contributed by atoms with E-state index in [1.807, 2.05) is 0 Å². The Balaban J connectivity index is 1.14. The maximum absolute atomic E-state index is 13.4. The lowest BCUT2D eigenvalue weighted by Gasteiger charge is -2.54. The van der Waals surface area contributed by atoms with Crippen molar-refractivity contribution in [3.8, 4) is 0 Å². The Bertz CT molecular complexity index is 991. The molecule has 3 fully saturated rings. The molecular formula is C27H35N3O. The maximum Gasteiger partial charge on any atom is 0.223 e.